The number of aromatic nitrogens is 1. The molecule has 2 aromatic carbocycles. The van der Waals surface area contributed by atoms with Crippen LogP contribution in [-0.4, -0.2) is 46.7 Å². The molecule has 7 nitrogen and oxygen atoms in total. The van der Waals surface area contributed by atoms with Gasteiger partial charge in [-0.1, -0.05) is 24.3 Å². The molecule has 1 aromatic heterocycles. The average Bonchev–Trinajstić information content (AvgIpc) is 3.72. The zero-order valence-corrected chi connectivity index (χ0v) is 21.4. The summed E-state index contributed by atoms with van der Waals surface area (Å²) in [6.45, 7) is 5.27. The Labute approximate surface area is 227 Å². The number of anilines is 2. The number of hydrogen-bond donors (Lipinski definition) is 2. The summed E-state index contributed by atoms with van der Waals surface area (Å²) in [4.78, 5) is 32.5. The first-order valence-corrected chi connectivity index (χ1v) is 12.7. The second kappa shape index (κ2) is 10.7. The summed E-state index contributed by atoms with van der Waals surface area (Å²) in [5, 5.41) is 5.19. The highest BCUT2D eigenvalue weighted by Gasteiger charge is 2.54. The molecule has 2 fully saturated rings. The summed E-state index contributed by atoms with van der Waals surface area (Å²) >= 11 is 0. The second-order valence-corrected chi connectivity index (χ2v) is 9.85. The van der Waals surface area contributed by atoms with E-state index in [2.05, 4.69) is 26.9 Å². The van der Waals surface area contributed by atoms with Gasteiger partial charge in [0.15, 0.2) is 5.75 Å². The molecule has 208 valence electrons. The minimum Gasteiger partial charge on any atom is -0.404 e. The molecule has 11 heteroatoms. The zero-order chi connectivity index (χ0) is 28.5. The number of nitrogens with zero attached hydrogens (tertiary/aromatic N) is 2. The topological polar surface area (TPSA) is 83.6 Å². The van der Waals surface area contributed by atoms with Crippen LogP contribution in [0.3, 0.4) is 0 Å². The highest BCUT2D eigenvalue weighted by Crippen LogP contribution is 2.45. The van der Waals surface area contributed by atoms with Gasteiger partial charge in [-0.25, -0.2) is 4.39 Å². The number of rotatable bonds is 7. The smallest absolute Gasteiger partial charge is 0.404 e. The van der Waals surface area contributed by atoms with Crippen molar-refractivity contribution in [2.24, 2.45) is 0 Å². The van der Waals surface area contributed by atoms with Gasteiger partial charge in [0.25, 0.3) is 5.91 Å². The first kappa shape index (κ1) is 27.3. The Morgan fingerprint density at radius 1 is 1.00 bits per heavy atom. The number of alkyl halides is 3. The maximum absolute atomic E-state index is 14.0. The predicted octanol–water partition coefficient (Wildman–Crippen LogP) is 6.16. The van der Waals surface area contributed by atoms with Gasteiger partial charge in [-0.2, -0.15) is 0 Å². The van der Waals surface area contributed by atoms with E-state index in [1.807, 2.05) is 4.90 Å². The molecule has 2 aliphatic rings. The van der Waals surface area contributed by atoms with E-state index >= 15 is 0 Å². The van der Waals surface area contributed by atoms with Crippen molar-refractivity contribution >= 4 is 23.2 Å². The third-order valence-corrected chi connectivity index (χ3v) is 7.11. The molecule has 0 spiro atoms. The number of nitrogens with one attached hydrogen (secondary N) is 2. The van der Waals surface area contributed by atoms with E-state index in [1.165, 1.54) is 24.4 Å². The highest BCUT2D eigenvalue weighted by molar-refractivity contribution is 6.07. The van der Waals surface area contributed by atoms with Crippen molar-refractivity contribution in [1.29, 1.82) is 0 Å². The lowest BCUT2D eigenvalue weighted by atomic mass is 10.0. The van der Waals surface area contributed by atoms with Gasteiger partial charge in [0.2, 0.25) is 5.91 Å². The van der Waals surface area contributed by atoms with Crippen molar-refractivity contribution in [2.75, 3.05) is 23.7 Å². The van der Waals surface area contributed by atoms with Crippen molar-refractivity contribution in [1.82, 2.24) is 9.88 Å². The first-order chi connectivity index (χ1) is 19.0. The molecule has 2 N–H and O–H groups in total. The van der Waals surface area contributed by atoms with E-state index in [9.17, 15) is 27.2 Å². The molecule has 0 atom stereocenters. The third kappa shape index (κ3) is 5.99. The van der Waals surface area contributed by atoms with E-state index in [4.69, 9.17) is 0 Å². The molecule has 1 aliphatic carbocycles. The van der Waals surface area contributed by atoms with Crippen LogP contribution in [0.4, 0.5) is 28.9 Å². The Balaban J connectivity index is 1.34. The zero-order valence-electron chi connectivity index (χ0n) is 21.4. The fraction of sp³-hybridized carbons (Fsp3) is 0.276. The summed E-state index contributed by atoms with van der Waals surface area (Å²) < 4.78 is 57.5. The van der Waals surface area contributed by atoms with Crippen molar-refractivity contribution < 1.29 is 31.9 Å². The molecule has 1 saturated heterocycles. The minimum atomic E-state index is -5.00. The first-order valence-electron chi connectivity index (χ1n) is 12.7. The van der Waals surface area contributed by atoms with E-state index in [0.29, 0.717) is 37.2 Å². The van der Waals surface area contributed by atoms with Crippen LogP contribution < -0.4 is 15.4 Å². The van der Waals surface area contributed by atoms with Crippen molar-refractivity contribution in [3.8, 4) is 17.0 Å². The molecule has 3 aromatic rings. The Bertz CT molecular complexity index is 1440. The minimum absolute atomic E-state index is 0.0119. The van der Waals surface area contributed by atoms with Crippen LogP contribution in [0, 0.1) is 5.82 Å². The Morgan fingerprint density at radius 2 is 1.73 bits per heavy atom. The fourth-order valence-electron chi connectivity index (χ4n) is 4.78. The van der Waals surface area contributed by atoms with Gasteiger partial charge < -0.3 is 15.4 Å². The molecule has 0 radical (unpaired) electrons. The summed E-state index contributed by atoms with van der Waals surface area (Å²) in [5.74, 6) is -2.17. The number of carbonyl (C=O) groups excluding carboxylic acids is 2. The number of amides is 2. The number of piperidine rings is 1. The molecule has 1 aliphatic heterocycles. The van der Waals surface area contributed by atoms with Crippen LogP contribution in [-0.2, 0) is 4.79 Å². The van der Waals surface area contributed by atoms with Crippen LogP contribution >= 0.6 is 0 Å². The summed E-state index contributed by atoms with van der Waals surface area (Å²) in [6.07, 6.45) is -0.993. The van der Waals surface area contributed by atoms with Gasteiger partial charge in [-0.15, -0.1) is 13.2 Å². The Hall–Kier alpha value is -4.25. The average molecular weight is 555 g/mol. The van der Waals surface area contributed by atoms with Crippen LogP contribution in [0.2, 0.25) is 0 Å². The maximum atomic E-state index is 14.0. The largest absolute Gasteiger partial charge is 0.573 e. The molecular formula is C29H26F4N4O3. The Kier molecular flexibility index (Phi) is 7.33. The molecule has 1 saturated carbocycles. The van der Waals surface area contributed by atoms with Gasteiger partial charge in [-0.05, 0) is 68.1 Å². The molecular weight excluding hydrogens is 528 g/mol. The number of hydrogen-bond acceptors (Lipinski definition) is 5. The van der Waals surface area contributed by atoms with E-state index in [1.54, 1.807) is 18.2 Å². The number of ether oxygens (including phenoxy) is 1. The highest BCUT2D eigenvalue weighted by atomic mass is 19.4. The SMILES string of the molecule is C=C1CCN(C2(C(=O)Nc3cc(C(=O)Nc4ccc(-c5ccccc5F)nc4)ccc3OC(F)(F)F)CC2)CC1. The van der Waals surface area contributed by atoms with Crippen LogP contribution in [0.1, 0.15) is 36.0 Å². The van der Waals surface area contributed by atoms with Gasteiger partial charge >= 0.3 is 6.36 Å². The Morgan fingerprint density at radius 3 is 2.35 bits per heavy atom. The standard InChI is InChI=1S/C29H26F4N4O3/c1-18-10-14-37(15-11-18)28(12-13-28)27(39)36-24-16-19(6-9-25(24)40-29(31,32)33)26(38)35-20-7-8-23(34-17-20)21-4-2-3-5-22(21)30/h2-9,16-17H,1,10-15H2,(H,35,38)(H,36,39). The van der Waals surface area contributed by atoms with Gasteiger partial charge in [0.05, 0.1) is 23.3 Å². The summed E-state index contributed by atoms with van der Waals surface area (Å²) in [5.41, 5.74) is 0.961. The fourth-order valence-corrected chi connectivity index (χ4v) is 4.78. The predicted molar refractivity (Wildman–Crippen MR) is 141 cm³/mol. The number of carbonyl (C=O) groups is 2. The third-order valence-electron chi connectivity index (χ3n) is 7.11. The van der Waals surface area contributed by atoms with Crippen molar-refractivity contribution in [3.05, 3.63) is 84.3 Å². The van der Waals surface area contributed by atoms with E-state index in [0.717, 1.165) is 36.6 Å². The molecule has 5 rings (SSSR count). The normalized spacial score (nSPS) is 16.8. The van der Waals surface area contributed by atoms with Crippen LogP contribution in [0.5, 0.6) is 5.75 Å². The lowest BCUT2D eigenvalue weighted by Crippen LogP contribution is -2.49. The van der Waals surface area contributed by atoms with Crippen LogP contribution in [0.15, 0.2) is 72.9 Å². The summed E-state index contributed by atoms with van der Waals surface area (Å²) in [7, 11) is 0. The monoisotopic (exact) mass is 554 g/mol. The molecule has 2 heterocycles. The van der Waals surface area contributed by atoms with Gasteiger partial charge in [-0.3, -0.25) is 19.5 Å². The van der Waals surface area contributed by atoms with Crippen molar-refractivity contribution in [2.45, 2.75) is 37.6 Å². The number of benzene rings is 2. The van der Waals surface area contributed by atoms with E-state index in [-0.39, 0.29) is 16.9 Å². The maximum Gasteiger partial charge on any atom is 0.573 e. The quantitative estimate of drug-likeness (QED) is 0.270. The second-order valence-electron chi connectivity index (χ2n) is 9.85. The van der Waals surface area contributed by atoms with Gasteiger partial charge in [0, 0.05) is 24.2 Å². The van der Waals surface area contributed by atoms with Gasteiger partial charge in [0.1, 0.15) is 11.4 Å². The molecule has 0 bridgehead atoms. The lowest BCUT2D eigenvalue weighted by molar-refractivity contribution is -0.274. The summed E-state index contributed by atoms with van der Waals surface area (Å²) in [6, 6.07) is 12.5. The van der Waals surface area contributed by atoms with E-state index < -0.39 is 35.3 Å². The van der Waals surface area contributed by atoms with Crippen LogP contribution in [0.25, 0.3) is 11.3 Å². The van der Waals surface area contributed by atoms with Crippen molar-refractivity contribution in [3.63, 3.8) is 0 Å². The number of halogens is 4. The molecule has 0 unspecified atom stereocenters. The number of pyridine rings is 1. The molecule has 2 amide bonds. The number of likely N-dealkylation sites (tertiary alicyclic amines) is 1. The molecule has 40 heavy (non-hydrogen) atoms. The lowest BCUT2D eigenvalue weighted by Gasteiger charge is -2.34.